The fraction of sp³-hybridized carbons (Fsp3) is 1.00. The van der Waals surface area contributed by atoms with E-state index in [4.69, 9.17) is 0 Å². The third-order valence-electron chi connectivity index (χ3n) is 2.09. The van der Waals surface area contributed by atoms with Crippen LogP contribution in [0.15, 0.2) is 0 Å². The SMILES string of the molecule is CC(C)[CH2][Sn]([CH2]C(C)C)[CH2]C(C)C.[Sn]. The van der Waals surface area contributed by atoms with Crippen LogP contribution in [0.25, 0.3) is 0 Å². The Balaban J connectivity index is 0. The van der Waals surface area contributed by atoms with Crippen LogP contribution in [0.4, 0.5) is 0 Å². The van der Waals surface area contributed by atoms with Crippen molar-refractivity contribution in [2.75, 3.05) is 0 Å². The molecule has 0 N–H and O–H groups in total. The van der Waals surface area contributed by atoms with Crippen LogP contribution in [0.1, 0.15) is 41.5 Å². The van der Waals surface area contributed by atoms with E-state index in [1.165, 1.54) is 0 Å². The standard InChI is InChI=1S/3C4H9.2Sn/c3*1-4(2)3;;/h3*4H,1H2,2-3H3;;. The largest absolute Gasteiger partial charge is 0 e. The average molecular weight is 409 g/mol. The zero-order valence-electron chi connectivity index (χ0n) is 10.9. The Morgan fingerprint density at radius 2 is 0.857 bits per heavy atom. The summed E-state index contributed by atoms with van der Waals surface area (Å²) < 4.78 is 4.83. The van der Waals surface area contributed by atoms with Crippen molar-refractivity contribution >= 4 is 43.7 Å². The number of hydrogen-bond acceptors (Lipinski definition) is 0. The molecule has 14 heavy (non-hydrogen) atoms. The van der Waals surface area contributed by atoms with Gasteiger partial charge in [0.05, 0.1) is 0 Å². The summed E-state index contributed by atoms with van der Waals surface area (Å²) in [4.78, 5) is 0. The molecule has 0 rings (SSSR count). The Labute approximate surface area is 115 Å². The van der Waals surface area contributed by atoms with E-state index in [2.05, 4.69) is 41.5 Å². The van der Waals surface area contributed by atoms with Crippen LogP contribution in [-0.2, 0) is 0 Å². The molecule has 0 unspecified atom stereocenters. The van der Waals surface area contributed by atoms with Crippen molar-refractivity contribution < 1.29 is 0 Å². The van der Waals surface area contributed by atoms with Gasteiger partial charge in [-0.15, -0.1) is 0 Å². The first-order valence-corrected chi connectivity index (χ1v) is 11.8. The topological polar surface area (TPSA) is 0 Å². The summed E-state index contributed by atoms with van der Waals surface area (Å²) in [7, 11) is 0. The maximum absolute atomic E-state index is 2.39. The second-order valence-electron chi connectivity index (χ2n) is 5.54. The van der Waals surface area contributed by atoms with Gasteiger partial charge in [0, 0.05) is 23.9 Å². The Morgan fingerprint density at radius 3 is 1.00 bits per heavy atom. The van der Waals surface area contributed by atoms with Gasteiger partial charge in [-0.05, 0) is 0 Å². The molecule has 0 aliphatic heterocycles. The van der Waals surface area contributed by atoms with Gasteiger partial charge in [0.1, 0.15) is 0 Å². The molecule has 0 heterocycles. The number of rotatable bonds is 6. The van der Waals surface area contributed by atoms with E-state index in [0.717, 1.165) is 17.8 Å². The first kappa shape index (κ1) is 18.0. The van der Waals surface area contributed by atoms with Crippen molar-refractivity contribution in [2.24, 2.45) is 17.8 Å². The van der Waals surface area contributed by atoms with E-state index >= 15 is 0 Å². The minimum atomic E-state index is -0.976. The van der Waals surface area contributed by atoms with Crippen molar-refractivity contribution in [3.8, 4) is 0 Å². The van der Waals surface area contributed by atoms with Crippen molar-refractivity contribution in [1.29, 1.82) is 0 Å². The van der Waals surface area contributed by atoms with Gasteiger partial charge >= 0.3 is 92.4 Å². The van der Waals surface area contributed by atoms with Crippen molar-refractivity contribution in [1.82, 2.24) is 0 Å². The summed E-state index contributed by atoms with van der Waals surface area (Å²) in [5.74, 6) is 2.85. The molecule has 0 amide bonds. The van der Waals surface area contributed by atoms with Gasteiger partial charge in [-0.3, -0.25) is 0 Å². The first-order valence-electron chi connectivity index (χ1n) is 5.75. The molecule has 0 bridgehead atoms. The van der Waals surface area contributed by atoms with Crippen LogP contribution in [0.2, 0.25) is 13.3 Å². The first-order chi connectivity index (χ1) is 5.91. The summed E-state index contributed by atoms with van der Waals surface area (Å²) in [6, 6.07) is 0. The predicted octanol–water partition coefficient (Wildman–Crippen LogP) is 4.07. The Hall–Kier alpha value is 1.60. The van der Waals surface area contributed by atoms with Crippen LogP contribution in [0.3, 0.4) is 0 Å². The molecule has 0 aliphatic rings. The van der Waals surface area contributed by atoms with Gasteiger partial charge in [0.25, 0.3) is 0 Å². The maximum atomic E-state index is 2.39. The smallest absolute Gasteiger partial charge is 0 e. The zero-order chi connectivity index (χ0) is 10.4. The molecule has 0 nitrogen and oxygen atoms in total. The summed E-state index contributed by atoms with van der Waals surface area (Å²) in [5, 5.41) is 0. The quantitative estimate of drug-likeness (QED) is 0.581. The molecule has 0 fully saturated rings. The second-order valence-corrected chi connectivity index (χ2v) is 13.3. The van der Waals surface area contributed by atoms with Gasteiger partial charge in [0.15, 0.2) is 0 Å². The normalized spacial score (nSPS) is 11.6. The molecule has 0 aromatic carbocycles. The molecule has 2 heteroatoms. The van der Waals surface area contributed by atoms with Crippen molar-refractivity contribution in [3.63, 3.8) is 0 Å². The summed E-state index contributed by atoms with van der Waals surface area (Å²) in [6.07, 6.45) is 0. The van der Waals surface area contributed by atoms with Crippen LogP contribution >= 0.6 is 0 Å². The second kappa shape index (κ2) is 9.80. The van der Waals surface area contributed by atoms with Gasteiger partial charge in [-0.25, -0.2) is 0 Å². The molecule has 5 radical (unpaired) electrons. The summed E-state index contributed by atoms with van der Waals surface area (Å²) in [6.45, 7) is 14.3. The summed E-state index contributed by atoms with van der Waals surface area (Å²) >= 11 is -0.976. The minimum absolute atomic E-state index is 0. The van der Waals surface area contributed by atoms with Crippen LogP contribution in [0.5, 0.6) is 0 Å². The van der Waals surface area contributed by atoms with E-state index in [1.807, 2.05) is 0 Å². The molecule has 0 aliphatic carbocycles. The monoisotopic (exact) mass is 411 g/mol. The average Bonchev–Trinajstić information content (AvgIpc) is 1.80. The Morgan fingerprint density at radius 1 is 0.643 bits per heavy atom. The van der Waals surface area contributed by atoms with Gasteiger partial charge in [-0.2, -0.15) is 0 Å². The predicted molar refractivity (Wildman–Crippen MR) is 70.4 cm³/mol. The Bertz CT molecular complexity index is 95.7. The number of hydrogen-bond donors (Lipinski definition) is 0. The Kier molecular flexibility index (Phi) is 12.6. The third-order valence-corrected chi connectivity index (χ3v) is 14.0. The molecule has 0 saturated carbocycles. The van der Waals surface area contributed by atoms with Crippen LogP contribution < -0.4 is 0 Å². The van der Waals surface area contributed by atoms with Gasteiger partial charge in [-0.1, -0.05) is 0 Å². The molecule has 0 atom stereocenters. The van der Waals surface area contributed by atoms with Crippen LogP contribution in [-0.4, -0.2) is 43.7 Å². The molecule has 0 aromatic rings. The fourth-order valence-corrected chi connectivity index (χ4v) is 13.3. The molecular weight excluding hydrogens is 382 g/mol. The molecule has 0 spiro atoms. The van der Waals surface area contributed by atoms with Gasteiger partial charge in [0.2, 0.25) is 0 Å². The van der Waals surface area contributed by atoms with E-state index in [-0.39, 0.29) is 23.9 Å². The van der Waals surface area contributed by atoms with Crippen molar-refractivity contribution in [3.05, 3.63) is 0 Å². The summed E-state index contributed by atoms with van der Waals surface area (Å²) in [5.41, 5.74) is 0. The minimum Gasteiger partial charge on any atom is 0 e. The van der Waals surface area contributed by atoms with E-state index in [9.17, 15) is 0 Å². The molecule has 0 saturated heterocycles. The third kappa shape index (κ3) is 11.7. The molecular formula is C12H27Sn2. The van der Waals surface area contributed by atoms with E-state index in [0.29, 0.717) is 0 Å². The molecule has 0 aromatic heterocycles. The van der Waals surface area contributed by atoms with E-state index < -0.39 is 19.8 Å². The zero-order valence-corrected chi connectivity index (χ0v) is 16.6. The maximum Gasteiger partial charge on any atom is 0 e. The van der Waals surface area contributed by atoms with Gasteiger partial charge < -0.3 is 0 Å². The van der Waals surface area contributed by atoms with Crippen molar-refractivity contribution in [2.45, 2.75) is 54.9 Å². The fourth-order valence-electron chi connectivity index (χ4n) is 1.98. The van der Waals surface area contributed by atoms with E-state index in [1.54, 1.807) is 13.3 Å². The molecule has 83 valence electrons. The van der Waals surface area contributed by atoms with Crippen LogP contribution in [0, 0.1) is 17.8 Å².